The second kappa shape index (κ2) is 4.60. The molecule has 0 radical (unpaired) electrons. The number of rotatable bonds is 3. The second-order valence-corrected chi connectivity index (χ2v) is 2.72. The van der Waals surface area contributed by atoms with Gasteiger partial charge in [-0.3, -0.25) is 0 Å². The standard InChI is InChI=1S/C11H15N/c1-3-4-5-10-6-8-11(12-2)9-7-10/h3-4,6-9,12H,5H2,1-2H3/b4-3+. The summed E-state index contributed by atoms with van der Waals surface area (Å²) in [5, 5.41) is 3.09. The Morgan fingerprint density at radius 2 is 1.92 bits per heavy atom. The average molecular weight is 161 g/mol. The first-order valence-corrected chi connectivity index (χ1v) is 4.24. The van der Waals surface area contributed by atoms with E-state index in [2.05, 4.69) is 41.7 Å². The summed E-state index contributed by atoms with van der Waals surface area (Å²) in [4.78, 5) is 0. The molecule has 1 aromatic rings. The number of hydrogen-bond donors (Lipinski definition) is 1. The zero-order chi connectivity index (χ0) is 8.81. The van der Waals surface area contributed by atoms with Crippen LogP contribution in [-0.2, 0) is 6.42 Å². The van der Waals surface area contributed by atoms with Crippen LogP contribution in [0.2, 0.25) is 0 Å². The van der Waals surface area contributed by atoms with Crippen LogP contribution in [0.25, 0.3) is 0 Å². The highest BCUT2D eigenvalue weighted by Gasteiger charge is 1.89. The minimum Gasteiger partial charge on any atom is -0.388 e. The molecule has 0 amide bonds. The zero-order valence-corrected chi connectivity index (χ0v) is 7.67. The molecule has 0 spiro atoms. The SMILES string of the molecule is C/C=C/Cc1ccc(NC)cc1. The summed E-state index contributed by atoms with van der Waals surface area (Å²) in [5.41, 5.74) is 2.52. The van der Waals surface area contributed by atoms with E-state index in [-0.39, 0.29) is 0 Å². The van der Waals surface area contributed by atoms with Gasteiger partial charge in [-0.1, -0.05) is 24.3 Å². The van der Waals surface area contributed by atoms with E-state index in [1.807, 2.05) is 14.0 Å². The molecule has 1 nitrogen and oxygen atoms in total. The van der Waals surface area contributed by atoms with Crippen LogP contribution >= 0.6 is 0 Å². The number of nitrogens with one attached hydrogen (secondary N) is 1. The summed E-state index contributed by atoms with van der Waals surface area (Å²) >= 11 is 0. The van der Waals surface area contributed by atoms with Gasteiger partial charge in [0.25, 0.3) is 0 Å². The maximum atomic E-state index is 3.09. The fourth-order valence-corrected chi connectivity index (χ4v) is 1.06. The molecule has 12 heavy (non-hydrogen) atoms. The monoisotopic (exact) mass is 161 g/mol. The lowest BCUT2D eigenvalue weighted by Gasteiger charge is -2.00. The van der Waals surface area contributed by atoms with E-state index < -0.39 is 0 Å². The van der Waals surface area contributed by atoms with Crippen LogP contribution in [0.4, 0.5) is 5.69 Å². The van der Waals surface area contributed by atoms with Crippen molar-refractivity contribution in [1.82, 2.24) is 0 Å². The van der Waals surface area contributed by atoms with Crippen LogP contribution in [0.15, 0.2) is 36.4 Å². The maximum absolute atomic E-state index is 3.09. The van der Waals surface area contributed by atoms with Crippen molar-refractivity contribution in [2.45, 2.75) is 13.3 Å². The summed E-state index contributed by atoms with van der Waals surface area (Å²) in [5.74, 6) is 0. The topological polar surface area (TPSA) is 12.0 Å². The van der Waals surface area contributed by atoms with E-state index in [1.165, 1.54) is 11.3 Å². The molecule has 0 saturated carbocycles. The Labute approximate surface area is 74.1 Å². The molecule has 0 heterocycles. The molecule has 0 aliphatic heterocycles. The Morgan fingerprint density at radius 3 is 2.42 bits per heavy atom. The fourth-order valence-electron chi connectivity index (χ4n) is 1.06. The fraction of sp³-hybridized carbons (Fsp3) is 0.273. The number of benzene rings is 1. The summed E-state index contributed by atoms with van der Waals surface area (Å²) in [6.45, 7) is 2.04. The molecular weight excluding hydrogens is 146 g/mol. The molecule has 0 saturated heterocycles. The summed E-state index contributed by atoms with van der Waals surface area (Å²) in [7, 11) is 1.93. The highest BCUT2D eigenvalue weighted by molar-refractivity contribution is 5.44. The van der Waals surface area contributed by atoms with Gasteiger partial charge in [0.1, 0.15) is 0 Å². The minimum absolute atomic E-state index is 1.03. The molecule has 0 bridgehead atoms. The largest absolute Gasteiger partial charge is 0.388 e. The van der Waals surface area contributed by atoms with Gasteiger partial charge in [0.2, 0.25) is 0 Å². The second-order valence-electron chi connectivity index (χ2n) is 2.72. The number of allylic oxidation sites excluding steroid dienone is 2. The van der Waals surface area contributed by atoms with Gasteiger partial charge in [-0.2, -0.15) is 0 Å². The molecule has 0 fully saturated rings. The third-order valence-electron chi connectivity index (χ3n) is 1.83. The molecule has 0 aliphatic rings. The molecule has 0 aromatic heterocycles. The van der Waals surface area contributed by atoms with Crippen molar-refractivity contribution in [3.05, 3.63) is 42.0 Å². The number of anilines is 1. The molecule has 0 atom stereocenters. The van der Waals surface area contributed by atoms with Gasteiger partial charge in [0.05, 0.1) is 0 Å². The van der Waals surface area contributed by atoms with Crippen LogP contribution < -0.4 is 5.32 Å². The predicted molar refractivity (Wildman–Crippen MR) is 54.5 cm³/mol. The van der Waals surface area contributed by atoms with Crippen molar-refractivity contribution in [1.29, 1.82) is 0 Å². The van der Waals surface area contributed by atoms with Crippen molar-refractivity contribution < 1.29 is 0 Å². The van der Waals surface area contributed by atoms with Gasteiger partial charge in [-0.25, -0.2) is 0 Å². The van der Waals surface area contributed by atoms with Crippen LogP contribution in [0, 0.1) is 0 Å². The summed E-state index contributed by atoms with van der Waals surface area (Å²) in [6.07, 6.45) is 5.26. The van der Waals surface area contributed by atoms with Gasteiger partial charge in [-0.15, -0.1) is 0 Å². The van der Waals surface area contributed by atoms with Crippen LogP contribution in [0.3, 0.4) is 0 Å². The van der Waals surface area contributed by atoms with Gasteiger partial charge >= 0.3 is 0 Å². The van der Waals surface area contributed by atoms with E-state index in [1.54, 1.807) is 0 Å². The lowest BCUT2D eigenvalue weighted by molar-refractivity contribution is 1.26. The lowest BCUT2D eigenvalue weighted by Crippen LogP contribution is -1.87. The van der Waals surface area contributed by atoms with Crippen LogP contribution in [-0.4, -0.2) is 7.05 Å². The predicted octanol–water partition coefficient (Wildman–Crippen LogP) is 2.85. The smallest absolute Gasteiger partial charge is 0.0337 e. The molecule has 1 heteroatoms. The Bertz CT molecular complexity index is 246. The third kappa shape index (κ3) is 2.42. The van der Waals surface area contributed by atoms with E-state index >= 15 is 0 Å². The van der Waals surface area contributed by atoms with Gasteiger partial charge in [0.15, 0.2) is 0 Å². The van der Waals surface area contributed by atoms with Crippen molar-refractivity contribution in [3.63, 3.8) is 0 Å². The Morgan fingerprint density at radius 1 is 1.25 bits per heavy atom. The van der Waals surface area contributed by atoms with E-state index in [0.717, 1.165) is 6.42 Å². The molecule has 64 valence electrons. The van der Waals surface area contributed by atoms with E-state index in [0.29, 0.717) is 0 Å². The van der Waals surface area contributed by atoms with Crippen LogP contribution in [0.5, 0.6) is 0 Å². The van der Waals surface area contributed by atoms with Crippen molar-refractivity contribution >= 4 is 5.69 Å². The third-order valence-corrected chi connectivity index (χ3v) is 1.83. The quantitative estimate of drug-likeness (QED) is 0.672. The zero-order valence-electron chi connectivity index (χ0n) is 7.67. The first-order valence-electron chi connectivity index (χ1n) is 4.24. The maximum Gasteiger partial charge on any atom is 0.0337 e. The summed E-state index contributed by atoms with van der Waals surface area (Å²) in [6, 6.07) is 8.48. The average Bonchev–Trinajstić information content (AvgIpc) is 2.15. The van der Waals surface area contributed by atoms with Gasteiger partial charge in [0, 0.05) is 12.7 Å². The first-order chi connectivity index (χ1) is 5.86. The number of hydrogen-bond acceptors (Lipinski definition) is 1. The molecule has 1 aromatic carbocycles. The minimum atomic E-state index is 1.03. The van der Waals surface area contributed by atoms with Crippen LogP contribution in [0.1, 0.15) is 12.5 Å². The van der Waals surface area contributed by atoms with E-state index in [4.69, 9.17) is 0 Å². The Kier molecular flexibility index (Phi) is 3.39. The first kappa shape index (κ1) is 8.85. The molecular formula is C11H15N. The highest BCUT2D eigenvalue weighted by Crippen LogP contribution is 2.08. The van der Waals surface area contributed by atoms with E-state index in [9.17, 15) is 0 Å². The molecule has 1 N–H and O–H groups in total. The summed E-state index contributed by atoms with van der Waals surface area (Å²) < 4.78 is 0. The van der Waals surface area contributed by atoms with Crippen molar-refractivity contribution in [2.24, 2.45) is 0 Å². The van der Waals surface area contributed by atoms with Gasteiger partial charge < -0.3 is 5.32 Å². The van der Waals surface area contributed by atoms with Gasteiger partial charge in [-0.05, 0) is 31.0 Å². The molecule has 0 aliphatic carbocycles. The van der Waals surface area contributed by atoms with Crippen molar-refractivity contribution in [3.8, 4) is 0 Å². The Hall–Kier alpha value is -1.24. The highest BCUT2D eigenvalue weighted by atomic mass is 14.8. The molecule has 0 unspecified atom stereocenters. The lowest BCUT2D eigenvalue weighted by atomic mass is 10.1. The Balaban J connectivity index is 2.64. The normalized spacial score (nSPS) is 10.5. The molecule has 1 rings (SSSR count). The van der Waals surface area contributed by atoms with Crippen molar-refractivity contribution in [2.75, 3.05) is 12.4 Å².